The first-order valence-electron chi connectivity index (χ1n) is 46.8. The number of furan rings is 2. The Labute approximate surface area is 791 Å². The van der Waals surface area contributed by atoms with Crippen LogP contribution in [0.5, 0.6) is 0 Å². The number of para-hydroxylation sites is 3. The molecule has 4 heteroatoms. The van der Waals surface area contributed by atoms with Crippen LogP contribution in [0.15, 0.2) is 543 Å². The monoisotopic (exact) mass is 1730 g/mol. The maximum Gasteiger partial charge on any atom is 0.136 e. The van der Waals surface area contributed by atoms with Gasteiger partial charge in [-0.2, -0.15) is 0 Å². The lowest BCUT2D eigenvalue weighted by molar-refractivity contribution is 0.668. The van der Waals surface area contributed by atoms with Gasteiger partial charge in [0.15, 0.2) is 0 Å². The number of fused-ring (bicyclic) bond motifs is 13. The van der Waals surface area contributed by atoms with E-state index in [1.54, 1.807) is 0 Å². The standard InChI is InChI=1S/C71H47NO.C61H41NO/c1-3-21-55(22-4-1)71(56-23-5-2-6-24-56)64-31-12-9-27-62(64)69-61(30-16-32-65(69)71)60-26-10-13-33-66(60)72(58-25-15-20-54(47-58)59-29-17-35-68-70(59)63-28-11-14-34-67(63)73-68)57-44-42-50(43-45-57)49-36-38-51(39-37-49)53-41-40-48-18-7-8-19-52(48)46-53;1-4-17-42(18-5-1)43-33-35-44(36-34-43)45-37-39-49(40-38-45)62(50-24-14-19-46(41-50)51-27-15-32-58-59(51)53-26-11-13-31-57(53)63-58)56-30-16-29-55-60(56)52-25-10-12-28-54(52)61(55,47-20-6-2-7-21-47)48-22-8-3-9-23-48/h1-47H;1-41H. The first kappa shape index (κ1) is 80.4. The zero-order chi connectivity index (χ0) is 90.0. The van der Waals surface area contributed by atoms with Crippen molar-refractivity contribution in [3.63, 3.8) is 0 Å². The number of hydrogen-bond acceptors (Lipinski definition) is 4. The molecule has 22 aromatic carbocycles. The molecule has 638 valence electrons. The molecule has 0 unspecified atom stereocenters. The largest absolute Gasteiger partial charge is 0.456 e. The highest BCUT2D eigenvalue weighted by Crippen LogP contribution is 2.62. The van der Waals surface area contributed by atoms with Crippen molar-refractivity contribution in [2.45, 2.75) is 10.8 Å². The Balaban J connectivity index is 0.000000146. The summed E-state index contributed by atoms with van der Waals surface area (Å²) in [4.78, 5) is 4.90. The van der Waals surface area contributed by atoms with Crippen LogP contribution in [0.3, 0.4) is 0 Å². The van der Waals surface area contributed by atoms with Crippen molar-refractivity contribution in [1.29, 1.82) is 0 Å². The van der Waals surface area contributed by atoms with E-state index >= 15 is 0 Å². The average molecular weight is 1730 g/mol. The van der Waals surface area contributed by atoms with Crippen LogP contribution in [0.4, 0.5) is 34.1 Å². The summed E-state index contributed by atoms with van der Waals surface area (Å²) in [6.45, 7) is 0. The average Bonchev–Trinajstić information content (AvgIpc) is 1.53. The summed E-state index contributed by atoms with van der Waals surface area (Å²) in [5.41, 5.74) is 40.4. The summed E-state index contributed by atoms with van der Waals surface area (Å²) in [5, 5.41) is 6.98. The number of benzene rings is 22. The van der Waals surface area contributed by atoms with Crippen LogP contribution >= 0.6 is 0 Å². The van der Waals surface area contributed by atoms with E-state index in [1.807, 2.05) is 12.1 Å². The van der Waals surface area contributed by atoms with Crippen LogP contribution in [-0.4, -0.2) is 0 Å². The summed E-state index contributed by atoms with van der Waals surface area (Å²) >= 11 is 0. The van der Waals surface area contributed by atoms with Crippen LogP contribution in [0.25, 0.3) is 155 Å². The topological polar surface area (TPSA) is 32.8 Å². The van der Waals surface area contributed by atoms with E-state index in [9.17, 15) is 0 Å². The molecule has 0 bridgehead atoms. The van der Waals surface area contributed by atoms with Gasteiger partial charge in [0.2, 0.25) is 0 Å². The van der Waals surface area contributed by atoms with Crippen molar-refractivity contribution in [3.8, 4) is 100 Å². The lowest BCUT2D eigenvalue weighted by Gasteiger charge is -2.34. The quantitative estimate of drug-likeness (QED) is 0.0910. The predicted molar refractivity (Wildman–Crippen MR) is 567 cm³/mol. The second kappa shape index (κ2) is 33.9. The maximum absolute atomic E-state index is 6.41. The predicted octanol–water partition coefficient (Wildman–Crippen LogP) is 35.7. The smallest absolute Gasteiger partial charge is 0.136 e. The zero-order valence-corrected chi connectivity index (χ0v) is 74.5. The zero-order valence-electron chi connectivity index (χ0n) is 74.5. The first-order chi connectivity index (χ1) is 67.5. The third kappa shape index (κ3) is 13.6. The van der Waals surface area contributed by atoms with Crippen LogP contribution in [-0.2, 0) is 10.8 Å². The van der Waals surface area contributed by atoms with E-state index in [-0.39, 0.29) is 0 Å². The van der Waals surface area contributed by atoms with Crippen molar-refractivity contribution in [2.75, 3.05) is 9.80 Å². The Hall–Kier alpha value is -17.7. The molecule has 0 aliphatic heterocycles. The van der Waals surface area contributed by atoms with Crippen molar-refractivity contribution in [3.05, 3.63) is 578 Å². The Bertz CT molecular complexity index is 8540. The van der Waals surface area contributed by atoms with Crippen molar-refractivity contribution in [1.82, 2.24) is 0 Å². The molecule has 0 saturated carbocycles. The van der Waals surface area contributed by atoms with Gasteiger partial charge in [-0.05, 0) is 235 Å². The number of nitrogens with zero attached hydrogens (tertiary/aromatic N) is 2. The van der Waals surface area contributed by atoms with E-state index in [4.69, 9.17) is 8.83 Å². The summed E-state index contributed by atoms with van der Waals surface area (Å²) in [6, 6.07) is 194. The molecule has 0 amide bonds. The summed E-state index contributed by atoms with van der Waals surface area (Å²) in [6.07, 6.45) is 0. The third-order valence-corrected chi connectivity index (χ3v) is 28.1. The van der Waals surface area contributed by atoms with Gasteiger partial charge < -0.3 is 18.6 Å². The molecule has 26 rings (SSSR count). The van der Waals surface area contributed by atoms with Crippen LogP contribution < -0.4 is 9.80 Å². The third-order valence-electron chi connectivity index (χ3n) is 28.1. The fourth-order valence-corrected chi connectivity index (χ4v) is 22.1. The highest BCUT2D eigenvalue weighted by Gasteiger charge is 2.49. The molecule has 2 heterocycles. The Kier molecular flexibility index (Phi) is 20.0. The fraction of sp³-hybridized carbons (Fsp3) is 0.0152. The molecule has 2 aliphatic rings. The molecule has 0 radical (unpaired) electrons. The molecule has 0 N–H and O–H groups in total. The molecule has 4 nitrogen and oxygen atoms in total. The maximum atomic E-state index is 6.41. The molecule has 0 saturated heterocycles. The SMILES string of the molecule is c1ccc(-c2ccc(-c3ccc(N(c4cccc(-c5cccc6oc7ccccc7c56)c4)c4cccc5c4-c4ccccc4C5(c4ccccc4)c4ccccc4)cc3)cc2)cc1.c1ccc(C2(c3ccccc3)c3ccccc3-c3c(-c4ccccc4N(c4ccc(-c5ccc(-c6ccc7ccccc7c6)cc5)cc4)c4cccc(-c5cccc6oc7ccccc7c56)c4)cccc32)cc1. The van der Waals surface area contributed by atoms with E-state index < -0.39 is 10.8 Å². The van der Waals surface area contributed by atoms with Gasteiger partial charge in [-0.25, -0.2) is 0 Å². The minimum Gasteiger partial charge on any atom is -0.456 e. The summed E-state index contributed by atoms with van der Waals surface area (Å²) < 4.78 is 12.8. The van der Waals surface area contributed by atoms with E-state index in [0.717, 1.165) is 111 Å². The first-order valence-corrected chi connectivity index (χ1v) is 46.8. The minimum atomic E-state index is -0.522. The molecule has 2 aromatic heterocycles. The van der Waals surface area contributed by atoms with E-state index in [1.165, 1.54) is 122 Å². The molecular formula is C132H88N2O2. The number of anilines is 6. The summed E-state index contributed by atoms with van der Waals surface area (Å²) in [7, 11) is 0. The van der Waals surface area contributed by atoms with Gasteiger partial charge in [0.25, 0.3) is 0 Å². The highest BCUT2D eigenvalue weighted by molar-refractivity contribution is 6.14. The van der Waals surface area contributed by atoms with Gasteiger partial charge in [0.05, 0.1) is 22.2 Å². The highest BCUT2D eigenvalue weighted by atomic mass is 16.3. The molecule has 0 spiro atoms. The van der Waals surface area contributed by atoms with Crippen molar-refractivity contribution < 1.29 is 8.83 Å². The van der Waals surface area contributed by atoms with Gasteiger partial charge in [-0.3, -0.25) is 0 Å². The van der Waals surface area contributed by atoms with E-state index in [2.05, 4.69) is 532 Å². The van der Waals surface area contributed by atoms with Gasteiger partial charge in [0.1, 0.15) is 22.3 Å². The lowest BCUT2D eigenvalue weighted by atomic mass is 9.67. The van der Waals surface area contributed by atoms with Gasteiger partial charge in [-0.1, -0.05) is 443 Å². The molecule has 0 fully saturated rings. The van der Waals surface area contributed by atoms with Gasteiger partial charge in [0, 0.05) is 55.4 Å². The van der Waals surface area contributed by atoms with Crippen LogP contribution in [0, 0.1) is 0 Å². The fourth-order valence-electron chi connectivity index (χ4n) is 22.1. The van der Waals surface area contributed by atoms with Crippen LogP contribution in [0.1, 0.15) is 44.5 Å². The molecular weight excluding hydrogens is 1650 g/mol. The molecule has 24 aromatic rings. The number of hydrogen-bond donors (Lipinski definition) is 0. The Morgan fingerprint density at radius 1 is 0.162 bits per heavy atom. The Morgan fingerprint density at radius 2 is 0.471 bits per heavy atom. The number of rotatable bonds is 17. The second-order valence-corrected chi connectivity index (χ2v) is 35.5. The van der Waals surface area contributed by atoms with Crippen molar-refractivity contribution >= 4 is 88.8 Å². The van der Waals surface area contributed by atoms with Crippen molar-refractivity contribution in [2.24, 2.45) is 0 Å². The minimum absolute atomic E-state index is 0.519. The Morgan fingerprint density at radius 3 is 0.963 bits per heavy atom. The van der Waals surface area contributed by atoms with E-state index in [0.29, 0.717) is 0 Å². The second-order valence-electron chi connectivity index (χ2n) is 35.5. The molecule has 136 heavy (non-hydrogen) atoms. The normalized spacial score (nSPS) is 12.5. The molecule has 2 aliphatic carbocycles. The molecule has 0 atom stereocenters. The lowest BCUT2D eigenvalue weighted by Crippen LogP contribution is -2.28. The van der Waals surface area contributed by atoms with Gasteiger partial charge >= 0.3 is 0 Å². The van der Waals surface area contributed by atoms with Crippen LogP contribution in [0.2, 0.25) is 0 Å². The van der Waals surface area contributed by atoms with Gasteiger partial charge in [-0.15, -0.1) is 0 Å². The summed E-state index contributed by atoms with van der Waals surface area (Å²) in [5.74, 6) is 0.